The predicted molar refractivity (Wildman–Crippen MR) is 136 cm³/mol. The summed E-state index contributed by atoms with van der Waals surface area (Å²) < 4.78 is 11.0. The molecule has 2 aromatic carbocycles. The average Bonchev–Trinajstić information content (AvgIpc) is 3.39. The van der Waals surface area contributed by atoms with Crippen LogP contribution in [0.5, 0.6) is 23.0 Å². The zero-order chi connectivity index (χ0) is 29.1. The van der Waals surface area contributed by atoms with Crippen molar-refractivity contribution in [3.63, 3.8) is 0 Å². The lowest BCUT2D eigenvalue weighted by atomic mass is 9.97. The highest BCUT2D eigenvalue weighted by Crippen LogP contribution is 2.41. The molecular formula is C27H33NO12. The van der Waals surface area contributed by atoms with E-state index in [2.05, 4.69) is 0 Å². The van der Waals surface area contributed by atoms with E-state index in [4.69, 9.17) is 9.47 Å². The van der Waals surface area contributed by atoms with Crippen LogP contribution >= 0.6 is 0 Å². The highest BCUT2D eigenvalue weighted by Gasteiger charge is 2.45. The first-order chi connectivity index (χ1) is 19.0. The van der Waals surface area contributed by atoms with Crippen molar-refractivity contribution in [2.45, 2.75) is 69.0 Å². The van der Waals surface area contributed by atoms with Gasteiger partial charge < -0.3 is 50.3 Å². The summed E-state index contributed by atoms with van der Waals surface area (Å²) in [7, 11) is 0. The Morgan fingerprint density at radius 1 is 1.02 bits per heavy atom. The number of benzene rings is 2. The van der Waals surface area contributed by atoms with Crippen LogP contribution in [0.15, 0.2) is 30.3 Å². The number of carboxylic acids is 1. The quantitative estimate of drug-likeness (QED) is 0.177. The van der Waals surface area contributed by atoms with Crippen LogP contribution in [-0.4, -0.2) is 107 Å². The number of likely N-dealkylation sites (tertiary alicyclic amines) is 1. The van der Waals surface area contributed by atoms with Crippen LogP contribution in [0.4, 0.5) is 0 Å². The van der Waals surface area contributed by atoms with Crippen molar-refractivity contribution in [3.05, 3.63) is 47.0 Å². The van der Waals surface area contributed by atoms with E-state index in [1.165, 1.54) is 12.1 Å². The molecule has 2 heterocycles. The molecule has 0 aromatic heterocycles. The normalized spacial score (nSPS) is 27.0. The third kappa shape index (κ3) is 6.14. The fourth-order valence-corrected chi connectivity index (χ4v) is 5.02. The number of carbonyl (C=O) groups excluding carboxylic acids is 1. The third-order valence-electron chi connectivity index (χ3n) is 7.30. The zero-order valence-electron chi connectivity index (χ0n) is 21.5. The predicted octanol–water partition coefficient (Wildman–Crippen LogP) is -0.153. The molecule has 4 rings (SSSR count). The number of hydrogen-bond acceptors (Lipinski definition) is 12. The van der Waals surface area contributed by atoms with Gasteiger partial charge in [-0.15, -0.1) is 0 Å². The Bertz CT molecular complexity index is 1220. The lowest BCUT2D eigenvalue weighted by Gasteiger charge is -2.39. The number of aromatic hydroxyl groups is 3. The zero-order valence-corrected chi connectivity index (χ0v) is 21.5. The second-order valence-electron chi connectivity index (χ2n) is 9.97. The van der Waals surface area contributed by atoms with Crippen LogP contribution in [0.1, 0.15) is 40.7 Å². The molecule has 0 amide bonds. The molecule has 1 unspecified atom stereocenters. The fraction of sp³-hybridized carbons (Fsp3) is 0.481. The molecule has 2 aromatic rings. The summed E-state index contributed by atoms with van der Waals surface area (Å²) in [6.45, 7) is -0.504. The second kappa shape index (κ2) is 12.4. The monoisotopic (exact) mass is 563 g/mol. The van der Waals surface area contributed by atoms with Crippen LogP contribution in [-0.2, 0) is 22.5 Å². The lowest BCUT2D eigenvalue weighted by Crippen LogP contribution is -2.60. The number of hydrogen-bond donors (Lipinski definition) is 8. The van der Waals surface area contributed by atoms with Crippen molar-refractivity contribution >= 4 is 11.8 Å². The van der Waals surface area contributed by atoms with E-state index in [9.17, 15) is 50.4 Å². The van der Waals surface area contributed by atoms with E-state index in [0.717, 1.165) is 6.07 Å². The van der Waals surface area contributed by atoms with Crippen molar-refractivity contribution in [1.82, 2.24) is 4.90 Å². The molecule has 2 aliphatic heterocycles. The van der Waals surface area contributed by atoms with Crippen LogP contribution < -0.4 is 4.74 Å². The van der Waals surface area contributed by atoms with Gasteiger partial charge in [-0.2, -0.15) is 0 Å². The molecule has 6 atom stereocenters. The highest BCUT2D eigenvalue weighted by molar-refractivity contribution is 6.02. The van der Waals surface area contributed by atoms with Crippen LogP contribution in [0, 0.1) is 0 Å². The molecule has 40 heavy (non-hydrogen) atoms. The number of aliphatic hydroxyl groups excluding tert-OH is 4. The van der Waals surface area contributed by atoms with E-state index in [-0.39, 0.29) is 36.3 Å². The van der Waals surface area contributed by atoms with Gasteiger partial charge in [0.1, 0.15) is 59.0 Å². The molecule has 2 saturated heterocycles. The van der Waals surface area contributed by atoms with Crippen molar-refractivity contribution in [1.29, 1.82) is 0 Å². The molecule has 0 saturated carbocycles. The Hall–Kier alpha value is -3.46. The topological polar surface area (TPSA) is 218 Å². The van der Waals surface area contributed by atoms with Crippen molar-refractivity contribution < 1.29 is 59.9 Å². The molecule has 0 aliphatic carbocycles. The van der Waals surface area contributed by atoms with Gasteiger partial charge in [-0.25, -0.2) is 0 Å². The van der Waals surface area contributed by atoms with E-state index < -0.39 is 72.4 Å². The maximum Gasteiger partial charge on any atom is 0.320 e. The first kappa shape index (κ1) is 29.5. The number of aliphatic hydroxyl groups is 4. The Labute approximate surface area is 229 Å². The molecule has 218 valence electrons. The van der Waals surface area contributed by atoms with Gasteiger partial charge in [0.25, 0.3) is 0 Å². The summed E-state index contributed by atoms with van der Waals surface area (Å²) >= 11 is 0. The molecule has 13 nitrogen and oxygen atoms in total. The number of rotatable bonds is 10. The smallest absolute Gasteiger partial charge is 0.320 e. The Morgan fingerprint density at radius 2 is 1.73 bits per heavy atom. The Morgan fingerprint density at radius 3 is 2.38 bits per heavy atom. The average molecular weight is 564 g/mol. The summed E-state index contributed by atoms with van der Waals surface area (Å²) in [6, 6.07) is 6.34. The van der Waals surface area contributed by atoms with Crippen LogP contribution in [0.2, 0.25) is 0 Å². The van der Waals surface area contributed by atoms with E-state index in [0.29, 0.717) is 24.9 Å². The van der Waals surface area contributed by atoms with Gasteiger partial charge in [0.05, 0.1) is 12.2 Å². The highest BCUT2D eigenvalue weighted by atomic mass is 16.7. The van der Waals surface area contributed by atoms with E-state index in [1.54, 1.807) is 17.0 Å². The molecule has 0 radical (unpaired) electrons. The van der Waals surface area contributed by atoms with Crippen LogP contribution in [0.25, 0.3) is 0 Å². The number of phenols is 3. The number of Topliss-reactive ketones (excluding diaryl/α,β-unsaturated/α-hetero) is 1. The van der Waals surface area contributed by atoms with Gasteiger partial charge in [0.2, 0.25) is 6.29 Å². The molecule has 2 aliphatic rings. The number of ether oxygens (including phenoxy) is 2. The molecule has 0 bridgehead atoms. The Balaban J connectivity index is 1.68. The third-order valence-corrected chi connectivity index (χ3v) is 7.30. The van der Waals surface area contributed by atoms with Gasteiger partial charge in [-0.1, -0.05) is 12.1 Å². The maximum absolute atomic E-state index is 13.4. The van der Waals surface area contributed by atoms with E-state index in [1.807, 2.05) is 0 Å². The molecular weight excluding hydrogens is 530 g/mol. The Kier molecular flexibility index (Phi) is 9.13. The van der Waals surface area contributed by atoms with Gasteiger partial charge in [0, 0.05) is 19.0 Å². The van der Waals surface area contributed by atoms with Gasteiger partial charge >= 0.3 is 5.97 Å². The minimum atomic E-state index is -1.82. The minimum Gasteiger partial charge on any atom is -0.508 e. The molecule has 13 heteroatoms. The minimum absolute atomic E-state index is 0.0488. The largest absolute Gasteiger partial charge is 0.508 e. The number of carbonyl (C=O) groups is 2. The summed E-state index contributed by atoms with van der Waals surface area (Å²) in [5.74, 6) is -3.18. The first-order valence-corrected chi connectivity index (χ1v) is 12.8. The number of phenolic OH excluding ortho intramolecular Hbond substituents is 3. The van der Waals surface area contributed by atoms with E-state index >= 15 is 0 Å². The van der Waals surface area contributed by atoms with Crippen molar-refractivity contribution in [3.8, 4) is 23.0 Å². The molecule has 2 fully saturated rings. The summed E-state index contributed by atoms with van der Waals surface area (Å²) in [6.07, 6.45) is -7.20. The fourth-order valence-electron chi connectivity index (χ4n) is 5.02. The van der Waals surface area contributed by atoms with Crippen molar-refractivity contribution in [2.75, 3.05) is 13.2 Å². The molecule has 0 spiro atoms. The van der Waals surface area contributed by atoms with Gasteiger partial charge in [0.15, 0.2) is 5.78 Å². The number of aliphatic carboxylic acids is 1. The lowest BCUT2D eigenvalue weighted by molar-refractivity contribution is -0.277. The summed E-state index contributed by atoms with van der Waals surface area (Å²) in [4.78, 5) is 26.6. The van der Waals surface area contributed by atoms with Gasteiger partial charge in [-0.3, -0.25) is 14.5 Å². The van der Waals surface area contributed by atoms with Gasteiger partial charge in [-0.05, 0) is 43.5 Å². The number of nitrogens with zero attached hydrogens (tertiary/aromatic N) is 1. The number of ketones is 1. The number of carboxylic acid groups (broad SMARTS) is 1. The standard InChI is InChI=1S/C27H33NO12/c29-12-20-23(34)24(35)25(36)27(40-20)39-19-10-18(32)15(11-28-9-1-2-16(28)26(37)38)22(33)21(19)17(31)8-5-13-3-6-14(30)7-4-13/h3-4,6-7,10,16,20,23-25,27,29-30,32-36H,1-2,5,8-9,11-12H2,(H,37,38)/t16?,20-,23-,24+,25-,27-/m1/s1. The van der Waals surface area contributed by atoms with Crippen LogP contribution in [0.3, 0.4) is 0 Å². The maximum atomic E-state index is 13.4. The second-order valence-corrected chi connectivity index (χ2v) is 9.97. The summed E-state index contributed by atoms with van der Waals surface area (Å²) in [5, 5.41) is 81.1. The first-order valence-electron chi connectivity index (χ1n) is 12.8. The number of aryl methyl sites for hydroxylation is 1. The van der Waals surface area contributed by atoms with Crippen molar-refractivity contribution in [2.24, 2.45) is 0 Å². The SMILES string of the molecule is O=C(CCc1ccc(O)cc1)c1c(O[C@@H]2O[C@H](CO)[C@@H](O)[C@H](O)[C@H]2O)cc(O)c(CN2CCCC2C(=O)O)c1O. The summed E-state index contributed by atoms with van der Waals surface area (Å²) in [5.41, 5.74) is 0.249. The molecule has 8 N–H and O–H groups in total.